The molecule has 0 unspecified atom stereocenters. The van der Waals surface area contributed by atoms with Crippen molar-refractivity contribution in [2.45, 2.75) is 51.2 Å². The van der Waals surface area contributed by atoms with Crippen LogP contribution in [0.15, 0.2) is 20.7 Å². The van der Waals surface area contributed by atoms with Crippen LogP contribution in [-0.2, 0) is 30.0 Å². The first-order chi connectivity index (χ1) is 14.1. The zero-order valence-electron chi connectivity index (χ0n) is 18.5. The van der Waals surface area contributed by atoms with E-state index in [-0.39, 0.29) is 29.4 Å². The number of carbonyl (C=O) groups excluding carboxylic acids is 1. The molecule has 1 amide bonds. The van der Waals surface area contributed by atoms with E-state index < -0.39 is 5.69 Å². The molecule has 1 aliphatic heterocycles. The largest absolute Gasteiger partial charge is 0.372 e. The van der Waals surface area contributed by atoms with E-state index in [2.05, 4.69) is 18.8 Å². The summed E-state index contributed by atoms with van der Waals surface area (Å²) in [5.74, 6) is 0.594. The van der Waals surface area contributed by atoms with Gasteiger partial charge in [-0.1, -0.05) is 13.8 Å². The Labute approximate surface area is 180 Å². The summed E-state index contributed by atoms with van der Waals surface area (Å²) >= 11 is 1.36. The van der Waals surface area contributed by atoms with Gasteiger partial charge >= 0.3 is 5.69 Å². The van der Waals surface area contributed by atoms with E-state index in [0.717, 1.165) is 21.4 Å². The van der Waals surface area contributed by atoms with Crippen LogP contribution in [0, 0.1) is 5.92 Å². The minimum absolute atomic E-state index is 0.00257. The van der Waals surface area contributed by atoms with Crippen LogP contribution < -0.4 is 11.2 Å². The molecule has 8 nitrogen and oxygen atoms in total. The van der Waals surface area contributed by atoms with E-state index in [1.165, 1.54) is 23.4 Å². The molecule has 0 aliphatic carbocycles. The van der Waals surface area contributed by atoms with E-state index >= 15 is 0 Å². The molecule has 0 bridgehead atoms. The van der Waals surface area contributed by atoms with Crippen LogP contribution in [0.25, 0.3) is 11.0 Å². The van der Waals surface area contributed by atoms with Gasteiger partial charge in [0.05, 0.1) is 23.3 Å². The number of aromatic nitrogens is 3. The predicted octanol–water partition coefficient (Wildman–Crippen LogP) is 1.56. The smallest absolute Gasteiger partial charge is 0.332 e. The highest BCUT2D eigenvalue weighted by Crippen LogP contribution is 2.30. The van der Waals surface area contributed by atoms with E-state index in [0.29, 0.717) is 30.0 Å². The lowest BCUT2D eigenvalue weighted by Crippen LogP contribution is -2.48. The Morgan fingerprint density at radius 3 is 2.43 bits per heavy atom. The fourth-order valence-corrected chi connectivity index (χ4v) is 4.99. The number of hydrogen-bond acceptors (Lipinski definition) is 6. The van der Waals surface area contributed by atoms with E-state index in [1.54, 1.807) is 13.2 Å². The standard InChI is InChI=1S/C21H30N4O4S/c1-12(2)7-15-8-22-19-17(20(27)24(6)21(28)23(19)5)18(15)30-11-16(26)25-9-13(3)29-14(4)10-25/h8,12-14H,7,9-11H2,1-6H3/t13-,14+. The molecule has 9 heteroatoms. The van der Waals surface area contributed by atoms with Gasteiger partial charge in [0, 0.05) is 38.3 Å². The van der Waals surface area contributed by atoms with E-state index in [4.69, 9.17) is 4.74 Å². The third kappa shape index (κ3) is 4.46. The van der Waals surface area contributed by atoms with Crippen molar-refractivity contribution in [3.05, 3.63) is 32.6 Å². The molecule has 2 atom stereocenters. The average Bonchev–Trinajstić information content (AvgIpc) is 2.67. The van der Waals surface area contributed by atoms with Gasteiger partial charge in [-0.2, -0.15) is 0 Å². The Bertz CT molecular complexity index is 1070. The molecule has 0 aromatic carbocycles. The van der Waals surface area contributed by atoms with Crippen LogP contribution in [0.2, 0.25) is 0 Å². The maximum absolute atomic E-state index is 13.0. The zero-order valence-corrected chi connectivity index (χ0v) is 19.3. The molecule has 0 spiro atoms. The second-order valence-electron chi connectivity index (χ2n) is 8.46. The van der Waals surface area contributed by atoms with Gasteiger partial charge in [-0.05, 0) is 31.7 Å². The highest BCUT2D eigenvalue weighted by molar-refractivity contribution is 8.00. The molecule has 0 N–H and O–H groups in total. The van der Waals surface area contributed by atoms with Crippen molar-refractivity contribution in [1.29, 1.82) is 0 Å². The topological polar surface area (TPSA) is 86.4 Å². The number of amides is 1. The zero-order chi connectivity index (χ0) is 22.2. The molecule has 2 aromatic heterocycles. The number of fused-ring (bicyclic) bond motifs is 1. The monoisotopic (exact) mass is 434 g/mol. The van der Waals surface area contributed by atoms with E-state index in [1.807, 2.05) is 18.7 Å². The van der Waals surface area contributed by atoms with Crippen molar-refractivity contribution in [2.75, 3.05) is 18.8 Å². The third-order valence-corrected chi connectivity index (χ3v) is 6.38. The number of rotatable bonds is 5. The van der Waals surface area contributed by atoms with Crippen LogP contribution in [-0.4, -0.2) is 56.0 Å². The predicted molar refractivity (Wildman–Crippen MR) is 118 cm³/mol. The molecule has 1 aliphatic rings. The summed E-state index contributed by atoms with van der Waals surface area (Å²) in [6.07, 6.45) is 2.47. The molecule has 164 valence electrons. The summed E-state index contributed by atoms with van der Waals surface area (Å²) in [5, 5.41) is 0.402. The van der Waals surface area contributed by atoms with Crippen LogP contribution in [0.5, 0.6) is 0 Å². The molecule has 3 heterocycles. The van der Waals surface area contributed by atoms with Gasteiger partial charge < -0.3 is 9.64 Å². The summed E-state index contributed by atoms with van der Waals surface area (Å²) in [5.41, 5.74) is 0.476. The van der Waals surface area contributed by atoms with E-state index in [9.17, 15) is 14.4 Å². The lowest BCUT2D eigenvalue weighted by molar-refractivity contribution is -0.140. The minimum atomic E-state index is -0.417. The number of ether oxygens (including phenoxy) is 1. The molecular formula is C21H30N4O4S. The van der Waals surface area contributed by atoms with Crippen molar-refractivity contribution < 1.29 is 9.53 Å². The number of hydrogen-bond donors (Lipinski definition) is 0. The van der Waals surface area contributed by atoms with Gasteiger partial charge in [0.2, 0.25) is 5.91 Å². The highest BCUT2D eigenvalue weighted by Gasteiger charge is 2.26. The first kappa shape index (κ1) is 22.6. The number of morpholine rings is 1. The Kier molecular flexibility index (Phi) is 6.71. The number of aryl methyl sites for hydroxylation is 1. The summed E-state index contributed by atoms with van der Waals surface area (Å²) in [6, 6.07) is 0. The van der Waals surface area contributed by atoms with Crippen LogP contribution in [0.4, 0.5) is 0 Å². The van der Waals surface area contributed by atoms with Crippen molar-refractivity contribution in [3.63, 3.8) is 0 Å². The molecule has 30 heavy (non-hydrogen) atoms. The Balaban J connectivity index is 2.01. The molecule has 2 aromatic rings. The molecule has 1 fully saturated rings. The maximum Gasteiger partial charge on any atom is 0.332 e. The first-order valence-corrected chi connectivity index (χ1v) is 11.2. The van der Waals surface area contributed by atoms with Crippen molar-refractivity contribution in [1.82, 2.24) is 19.0 Å². The molecule has 1 saturated heterocycles. The van der Waals surface area contributed by atoms with Gasteiger partial charge in [0.15, 0.2) is 0 Å². The minimum Gasteiger partial charge on any atom is -0.372 e. The van der Waals surface area contributed by atoms with Crippen LogP contribution >= 0.6 is 11.8 Å². The third-order valence-electron chi connectivity index (χ3n) is 5.24. The second-order valence-corrected chi connectivity index (χ2v) is 9.45. The molecule has 0 radical (unpaired) electrons. The van der Waals surface area contributed by atoms with Crippen LogP contribution in [0.3, 0.4) is 0 Å². The van der Waals surface area contributed by atoms with Crippen molar-refractivity contribution in [2.24, 2.45) is 20.0 Å². The number of carbonyl (C=O) groups is 1. The van der Waals surface area contributed by atoms with Gasteiger partial charge in [0.1, 0.15) is 5.65 Å². The lowest BCUT2D eigenvalue weighted by Gasteiger charge is -2.35. The number of nitrogens with zero attached hydrogens (tertiary/aromatic N) is 4. The highest BCUT2D eigenvalue weighted by atomic mass is 32.2. The summed E-state index contributed by atoms with van der Waals surface area (Å²) in [4.78, 5) is 45.2. The van der Waals surface area contributed by atoms with Gasteiger partial charge in [0.25, 0.3) is 5.56 Å². The summed E-state index contributed by atoms with van der Waals surface area (Å²) in [6.45, 7) is 9.25. The number of thioether (sulfide) groups is 1. The summed E-state index contributed by atoms with van der Waals surface area (Å²) < 4.78 is 8.20. The fraction of sp³-hybridized carbons (Fsp3) is 0.619. The molecule has 0 saturated carbocycles. The first-order valence-electron chi connectivity index (χ1n) is 10.2. The second kappa shape index (κ2) is 8.93. The SMILES string of the molecule is CC(C)Cc1cnc2c(c1SCC(=O)N1C[C@@H](C)O[C@@H](C)C1)c(=O)n(C)c(=O)n2C. The van der Waals surface area contributed by atoms with Gasteiger partial charge in [-0.3, -0.25) is 18.7 Å². The maximum atomic E-state index is 13.0. The summed E-state index contributed by atoms with van der Waals surface area (Å²) in [7, 11) is 3.07. The Morgan fingerprint density at radius 1 is 1.20 bits per heavy atom. The Hall–Kier alpha value is -2.13. The Morgan fingerprint density at radius 2 is 1.83 bits per heavy atom. The van der Waals surface area contributed by atoms with Crippen LogP contribution in [0.1, 0.15) is 33.3 Å². The quantitative estimate of drug-likeness (QED) is 0.664. The molecule has 3 rings (SSSR count). The van der Waals surface area contributed by atoms with Gasteiger partial charge in [-0.25, -0.2) is 9.78 Å². The van der Waals surface area contributed by atoms with Crippen molar-refractivity contribution >= 4 is 28.7 Å². The average molecular weight is 435 g/mol. The normalized spacial score (nSPS) is 19.6. The number of pyridine rings is 1. The fourth-order valence-electron chi connectivity index (χ4n) is 3.90. The lowest BCUT2D eigenvalue weighted by atomic mass is 10.0. The molecular weight excluding hydrogens is 404 g/mol. The van der Waals surface area contributed by atoms with Gasteiger partial charge in [-0.15, -0.1) is 11.8 Å². The van der Waals surface area contributed by atoms with Crippen molar-refractivity contribution in [3.8, 4) is 0 Å².